The molecule has 1 aliphatic carbocycles. The summed E-state index contributed by atoms with van der Waals surface area (Å²) in [4.78, 5) is 25.5. The first-order chi connectivity index (χ1) is 14.0. The predicted octanol–water partition coefficient (Wildman–Crippen LogP) is 3.44. The third kappa shape index (κ3) is 7.75. The van der Waals surface area contributed by atoms with Crippen LogP contribution in [0.2, 0.25) is 0 Å². The summed E-state index contributed by atoms with van der Waals surface area (Å²) < 4.78 is 49.7. The molecule has 3 N–H and O–H groups in total. The van der Waals surface area contributed by atoms with E-state index in [1.54, 1.807) is 45.9 Å². The zero-order valence-corrected chi connectivity index (χ0v) is 19.0. The lowest BCUT2D eigenvalue weighted by Gasteiger charge is -2.38. The Kier molecular flexibility index (Phi) is 8.59. The molecule has 0 aromatic rings. The maximum Gasteiger partial charge on any atom is 0.416 e. The number of alkyl halides is 3. The average molecular weight is 450 g/mol. The molecule has 178 valence electrons. The lowest BCUT2D eigenvalue weighted by atomic mass is 9.76. The van der Waals surface area contributed by atoms with E-state index in [1.165, 1.54) is 21.0 Å². The van der Waals surface area contributed by atoms with Gasteiger partial charge in [-0.2, -0.15) is 13.2 Å². The molecule has 0 bridgehead atoms. The number of alkyl carbamates (subject to hydrolysis) is 1. The van der Waals surface area contributed by atoms with Crippen LogP contribution in [0.5, 0.6) is 0 Å². The van der Waals surface area contributed by atoms with Crippen LogP contribution < -0.4 is 10.6 Å². The monoisotopic (exact) mass is 450 g/mol. The van der Waals surface area contributed by atoms with E-state index in [9.17, 15) is 27.9 Å². The molecule has 0 saturated heterocycles. The van der Waals surface area contributed by atoms with Crippen LogP contribution in [0.15, 0.2) is 24.0 Å². The summed E-state index contributed by atoms with van der Waals surface area (Å²) in [7, 11) is 1.48. The Hall–Kier alpha value is -2.23. The smallest absolute Gasteiger partial charge is 0.416 e. The number of hydrogen-bond donors (Lipinski definition) is 3. The van der Waals surface area contributed by atoms with E-state index in [0.29, 0.717) is 5.76 Å². The Labute approximate surface area is 181 Å². The lowest BCUT2D eigenvalue weighted by molar-refractivity contribution is -0.215. The highest BCUT2D eigenvalue weighted by Gasteiger charge is 2.47. The first-order valence-corrected chi connectivity index (χ1v) is 9.98. The van der Waals surface area contributed by atoms with E-state index in [-0.39, 0.29) is 6.42 Å². The first kappa shape index (κ1) is 26.8. The number of aliphatic hydroxyl groups excluding tert-OH is 1. The van der Waals surface area contributed by atoms with Crippen LogP contribution in [0.1, 0.15) is 48.0 Å². The van der Waals surface area contributed by atoms with Crippen LogP contribution in [0.4, 0.5) is 18.0 Å². The molecule has 0 saturated carbocycles. The molecule has 31 heavy (non-hydrogen) atoms. The third-order valence-electron chi connectivity index (χ3n) is 4.89. The van der Waals surface area contributed by atoms with Crippen LogP contribution in [-0.4, -0.2) is 54.2 Å². The normalized spacial score (nSPS) is 22.3. The number of carbonyl (C=O) groups is 2. The SMILES string of the molecule is COC1=CCC(C)([C@H](NC(=O)OC(C)(C)C)C(=O)N[C@@H](C(C)C)[C@H](O)C(F)(F)F)C=C1. The van der Waals surface area contributed by atoms with E-state index < -0.39 is 53.3 Å². The van der Waals surface area contributed by atoms with E-state index in [2.05, 4.69) is 10.6 Å². The highest BCUT2D eigenvalue weighted by Crippen LogP contribution is 2.34. The molecular formula is C21H33F3N2O5. The molecule has 2 amide bonds. The van der Waals surface area contributed by atoms with Gasteiger partial charge in [0.2, 0.25) is 5.91 Å². The number of amides is 2. The lowest BCUT2D eigenvalue weighted by Crippen LogP contribution is -2.61. The maximum absolute atomic E-state index is 13.1. The highest BCUT2D eigenvalue weighted by molar-refractivity contribution is 5.87. The second-order valence-electron chi connectivity index (χ2n) is 9.20. The molecular weight excluding hydrogens is 417 g/mol. The summed E-state index contributed by atoms with van der Waals surface area (Å²) in [6.45, 7) is 9.51. The Morgan fingerprint density at radius 1 is 1.19 bits per heavy atom. The fourth-order valence-electron chi connectivity index (χ4n) is 3.11. The van der Waals surface area contributed by atoms with Gasteiger partial charge in [0.15, 0.2) is 6.10 Å². The van der Waals surface area contributed by atoms with Gasteiger partial charge in [0.25, 0.3) is 0 Å². The van der Waals surface area contributed by atoms with Crippen molar-refractivity contribution in [2.24, 2.45) is 11.3 Å². The summed E-state index contributed by atoms with van der Waals surface area (Å²) in [5.41, 5.74) is -1.82. The number of rotatable bonds is 7. The van der Waals surface area contributed by atoms with E-state index in [4.69, 9.17) is 9.47 Å². The first-order valence-electron chi connectivity index (χ1n) is 9.98. The molecule has 0 aromatic carbocycles. The van der Waals surface area contributed by atoms with Crippen molar-refractivity contribution in [2.75, 3.05) is 7.11 Å². The van der Waals surface area contributed by atoms with Gasteiger partial charge in [-0.05, 0) is 45.3 Å². The average Bonchev–Trinajstić information content (AvgIpc) is 2.61. The summed E-state index contributed by atoms with van der Waals surface area (Å²) in [5, 5.41) is 14.5. The second-order valence-corrected chi connectivity index (χ2v) is 9.20. The van der Waals surface area contributed by atoms with Gasteiger partial charge in [0.05, 0.1) is 13.2 Å². The van der Waals surface area contributed by atoms with Gasteiger partial charge < -0.3 is 25.2 Å². The highest BCUT2D eigenvalue weighted by atomic mass is 19.4. The number of methoxy groups -OCH3 is 1. The van der Waals surface area contributed by atoms with Gasteiger partial charge in [-0.1, -0.05) is 26.8 Å². The van der Waals surface area contributed by atoms with Crippen molar-refractivity contribution in [1.29, 1.82) is 0 Å². The van der Waals surface area contributed by atoms with Crippen molar-refractivity contribution < 1.29 is 37.3 Å². The van der Waals surface area contributed by atoms with Gasteiger partial charge in [-0.3, -0.25) is 4.79 Å². The van der Waals surface area contributed by atoms with Gasteiger partial charge in [0, 0.05) is 5.41 Å². The quantitative estimate of drug-likeness (QED) is 0.552. The molecule has 1 unspecified atom stereocenters. The Morgan fingerprint density at radius 2 is 1.77 bits per heavy atom. The zero-order chi connectivity index (χ0) is 24.2. The zero-order valence-electron chi connectivity index (χ0n) is 19.0. The van der Waals surface area contributed by atoms with Crippen molar-refractivity contribution in [1.82, 2.24) is 10.6 Å². The fourth-order valence-corrected chi connectivity index (χ4v) is 3.11. The van der Waals surface area contributed by atoms with Gasteiger partial charge in [0.1, 0.15) is 17.4 Å². The number of nitrogens with one attached hydrogen (secondary N) is 2. The molecule has 0 spiro atoms. The van der Waals surface area contributed by atoms with Gasteiger partial charge >= 0.3 is 12.3 Å². The topological polar surface area (TPSA) is 96.9 Å². The van der Waals surface area contributed by atoms with Crippen molar-refractivity contribution >= 4 is 12.0 Å². The summed E-state index contributed by atoms with van der Waals surface area (Å²) in [6.07, 6.45) is -3.31. The minimum atomic E-state index is -4.92. The Balaban J connectivity index is 3.20. The minimum Gasteiger partial charge on any atom is -0.497 e. The van der Waals surface area contributed by atoms with Crippen LogP contribution in [-0.2, 0) is 14.3 Å². The number of carbonyl (C=O) groups excluding carboxylic acids is 2. The van der Waals surface area contributed by atoms with Crippen molar-refractivity contribution in [2.45, 2.75) is 77.9 Å². The van der Waals surface area contributed by atoms with Gasteiger partial charge in [-0.15, -0.1) is 0 Å². The van der Waals surface area contributed by atoms with Crippen LogP contribution in [0.3, 0.4) is 0 Å². The van der Waals surface area contributed by atoms with E-state index in [0.717, 1.165) is 0 Å². The maximum atomic E-state index is 13.1. The van der Waals surface area contributed by atoms with Crippen LogP contribution >= 0.6 is 0 Å². The predicted molar refractivity (Wildman–Crippen MR) is 109 cm³/mol. The number of allylic oxidation sites excluding steroid dienone is 2. The molecule has 4 atom stereocenters. The number of aliphatic hydroxyl groups is 1. The van der Waals surface area contributed by atoms with Crippen LogP contribution in [0, 0.1) is 11.3 Å². The molecule has 10 heteroatoms. The van der Waals surface area contributed by atoms with Crippen molar-refractivity contribution in [3.63, 3.8) is 0 Å². The Bertz CT molecular complexity index is 713. The molecule has 1 aliphatic rings. The number of halogens is 3. The molecule has 0 aromatic heterocycles. The van der Waals surface area contributed by atoms with Crippen molar-refractivity contribution in [3.05, 3.63) is 24.0 Å². The molecule has 1 rings (SSSR count). The summed E-state index contributed by atoms with van der Waals surface area (Å²) >= 11 is 0. The van der Waals surface area contributed by atoms with E-state index in [1.807, 2.05) is 0 Å². The summed E-state index contributed by atoms with van der Waals surface area (Å²) in [6, 6.07) is -2.87. The molecule has 0 radical (unpaired) electrons. The number of ether oxygens (including phenoxy) is 2. The van der Waals surface area contributed by atoms with Crippen LogP contribution in [0.25, 0.3) is 0 Å². The van der Waals surface area contributed by atoms with Gasteiger partial charge in [-0.25, -0.2) is 4.79 Å². The Morgan fingerprint density at radius 3 is 2.16 bits per heavy atom. The minimum absolute atomic E-state index is 0.273. The largest absolute Gasteiger partial charge is 0.497 e. The number of hydrogen-bond acceptors (Lipinski definition) is 5. The molecule has 7 nitrogen and oxygen atoms in total. The molecule has 0 heterocycles. The molecule has 0 aliphatic heterocycles. The van der Waals surface area contributed by atoms with Crippen molar-refractivity contribution in [3.8, 4) is 0 Å². The second kappa shape index (κ2) is 9.93. The van der Waals surface area contributed by atoms with E-state index >= 15 is 0 Å². The molecule has 0 fully saturated rings. The summed E-state index contributed by atoms with van der Waals surface area (Å²) in [5.74, 6) is -1.03. The third-order valence-corrected chi connectivity index (χ3v) is 4.89. The fraction of sp³-hybridized carbons (Fsp3) is 0.714. The standard InChI is InChI=1S/C21H33F3N2O5/c1-12(2)14(16(27)21(22,23)24)25-17(28)15(26-18(29)31-19(3,4)5)20(6)10-8-13(30-7)9-11-20/h8-10,12,14-16,27H,11H2,1-7H3,(H,25,28)(H,26,29)/t14-,15+,16-,20?/m0/s1.